The number of aromatic amines is 1. The maximum absolute atomic E-state index is 4.72. The molecular formula is C15H15BrN4. The van der Waals surface area contributed by atoms with Crippen molar-refractivity contribution in [2.75, 3.05) is 0 Å². The van der Waals surface area contributed by atoms with Gasteiger partial charge in [0, 0.05) is 12.1 Å². The summed E-state index contributed by atoms with van der Waals surface area (Å²) in [4.78, 5) is 12.5. The lowest BCUT2D eigenvalue weighted by Crippen LogP contribution is -2.11. The highest BCUT2D eigenvalue weighted by Gasteiger charge is 2.19. The lowest BCUT2D eigenvalue weighted by molar-refractivity contribution is 0.535. The zero-order valence-corrected chi connectivity index (χ0v) is 12.9. The minimum Gasteiger partial charge on any atom is -0.342 e. The average Bonchev–Trinajstić information content (AvgIpc) is 2.98. The predicted octanol–water partition coefficient (Wildman–Crippen LogP) is 3.83. The van der Waals surface area contributed by atoms with Gasteiger partial charge in [0.1, 0.15) is 16.3 Å². The number of halogens is 1. The summed E-state index contributed by atoms with van der Waals surface area (Å²) >= 11 is 3.60. The van der Waals surface area contributed by atoms with E-state index in [0.717, 1.165) is 45.8 Å². The lowest BCUT2D eigenvalue weighted by atomic mass is 10.1. The van der Waals surface area contributed by atoms with Crippen LogP contribution in [0.4, 0.5) is 0 Å². The van der Waals surface area contributed by atoms with Crippen LogP contribution in [0.2, 0.25) is 0 Å². The van der Waals surface area contributed by atoms with E-state index in [4.69, 9.17) is 4.98 Å². The van der Waals surface area contributed by atoms with E-state index in [0.29, 0.717) is 0 Å². The summed E-state index contributed by atoms with van der Waals surface area (Å²) in [6.45, 7) is 3.04. The van der Waals surface area contributed by atoms with Crippen LogP contribution in [0.25, 0.3) is 22.4 Å². The van der Waals surface area contributed by atoms with Crippen LogP contribution < -0.4 is 0 Å². The molecule has 0 spiro atoms. The molecule has 5 heteroatoms. The van der Waals surface area contributed by atoms with Crippen LogP contribution in [0.1, 0.15) is 24.4 Å². The van der Waals surface area contributed by atoms with E-state index >= 15 is 0 Å². The van der Waals surface area contributed by atoms with Gasteiger partial charge in [0.2, 0.25) is 0 Å². The molecule has 0 saturated carbocycles. The Morgan fingerprint density at radius 3 is 3.05 bits per heavy atom. The van der Waals surface area contributed by atoms with Gasteiger partial charge in [-0.05, 0) is 60.3 Å². The first-order valence-electron chi connectivity index (χ1n) is 6.94. The minimum atomic E-state index is 0.948. The summed E-state index contributed by atoms with van der Waals surface area (Å²) in [6, 6.07) is 6.32. The Balaban J connectivity index is 1.90. The molecule has 4 rings (SSSR count). The summed E-state index contributed by atoms with van der Waals surface area (Å²) in [5, 5.41) is 0. The van der Waals surface area contributed by atoms with Gasteiger partial charge in [-0.3, -0.25) is 0 Å². The molecule has 0 radical (unpaired) electrons. The SMILES string of the molecule is Cc1nc2ccc(-c3nc(Br)c4n3CCCC4)cc2[nH]1. The first-order valence-corrected chi connectivity index (χ1v) is 7.73. The molecule has 1 aliphatic rings. The van der Waals surface area contributed by atoms with Crippen molar-refractivity contribution in [2.45, 2.75) is 32.7 Å². The number of rotatable bonds is 1. The van der Waals surface area contributed by atoms with Crippen molar-refractivity contribution >= 4 is 27.0 Å². The fraction of sp³-hybridized carbons (Fsp3) is 0.333. The van der Waals surface area contributed by atoms with Crippen LogP contribution in [-0.2, 0) is 13.0 Å². The number of imidazole rings is 2. The Hall–Kier alpha value is -1.62. The van der Waals surface area contributed by atoms with Crippen LogP contribution in [0.3, 0.4) is 0 Å². The summed E-state index contributed by atoms with van der Waals surface area (Å²) in [5.41, 5.74) is 4.56. The van der Waals surface area contributed by atoms with Crippen LogP contribution in [0, 0.1) is 6.92 Å². The maximum Gasteiger partial charge on any atom is 0.141 e. The van der Waals surface area contributed by atoms with E-state index < -0.39 is 0 Å². The van der Waals surface area contributed by atoms with Crippen molar-refractivity contribution in [3.05, 3.63) is 34.3 Å². The molecule has 1 aromatic carbocycles. The van der Waals surface area contributed by atoms with Crippen molar-refractivity contribution in [1.29, 1.82) is 0 Å². The molecule has 20 heavy (non-hydrogen) atoms. The second-order valence-electron chi connectivity index (χ2n) is 5.34. The molecule has 1 N–H and O–H groups in total. The molecule has 0 fully saturated rings. The molecule has 0 saturated heterocycles. The van der Waals surface area contributed by atoms with E-state index in [1.165, 1.54) is 18.5 Å². The van der Waals surface area contributed by atoms with Gasteiger partial charge in [0.15, 0.2) is 0 Å². The van der Waals surface area contributed by atoms with E-state index in [2.05, 4.69) is 48.7 Å². The van der Waals surface area contributed by atoms with Crippen molar-refractivity contribution in [3.63, 3.8) is 0 Å². The minimum absolute atomic E-state index is 0.948. The maximum atomic E-state index is 4.72. The monoisotopic (exact) mass is 330 g/mol. The van der Waals surface area contributed by atoms with Gasteiger partial charge < -0.3 is 9.55 Å². The van der Waals surface area contributed by atoms with E-state index in [1.54, 1.807) is 0 Å². The summed E-state index contributed by atoms with van der Waals surface area (Å²) in [6.07, 6.45) is 3.59. The number of aromatic nitrogens is 4. The molecule has 3 aromatic rings. The molecule has 0 bridgehead atoms. The molecular weight excluding hydrogens is 316 g/mol. The van der Waals surface area contributed by atoms with Crippen LogP contribution in [-0.4, -0.2) is 19.5 Å². The molecule has 2 aromatic heterocycles. The van der Waals surface area contributed by atoms with Gasteiger partial charge in [0.25, 0.3) is 0 Å². The van der Waals surface area contributed by atoms with E-state index in [9.17, 15) is 0 Å². The number of nitrogens with zero attached hydrogens (tertiary/aromatic N) is 3. The number of benzene rings is 1. The third kappa shape index (κ3) is 1.80. The number of hydrogen-bond acceptors (Lipinski definition) is 2. The molecule has 0 unspecified atom stereocenters. The highest BCUT2D eigenvalue weighted by Crippen LogP contribution is 2.31. The van der Waals surface area contributed by atoms with Gasteiger partial charge in [-0.2, -0.15) is 0 Å². The van der Waals surface area contributed by atoms with Gasteiger partial charge in [-0.25, -0.2) is 9.97 Å². The van der Waals surface area contributed by atoms with Gasteiger partial charge >= 0.3 is 0 Å². The molecule has 0 aliphatic carbocycles. The lowest BCUT2D eigenvalue weighted by Gasteiger charge is -2.16. The number of fused-ring (bicyclic) bond motifs is 2. The predicted molar refractivity (Wildman–Crippen MR) is 82.7 cm³/mol. The molecule has 0 amide bonds. The van der Waals surface area contributed by atoms with E-state index in [1.807, 2.05) is 6.92 Å². The molecule has 1 aliphatic heterocycles. The number of aryl methyl sites for hydroxylation is 1. The van der Waals surface area contributed by atoms with Crippen LogP contribution >= 0.6 is 15.9 Å². The Bertz CT molecular complexity index is 800. The Morgan fingerprint density at radius 2 is 2.15 bits per heavy atom. The molecule has 4 nitrogen and oxygen atoms in total. The standard InChI is InChI=1S/C15H15BrN4/c1-9-17-11-6-5-10(8-12(11)18-9)15-19-14(16)13-4-2-3-7-20(13)15/h5-6,8H,2-4,7H2,1H3,(H,17,18). The van der Waals surface area contributed by atoms with Crippen LogP contribution in [0.15, 0.2) is 22.8 Å². The van der Waals surface area contributed by atoms with Crippen molar-refractivity contribution in [2.24, 2.45) is 0 Å². The van der Waals surface area contributed by atoms with Crippen molar-refractivity contribution in [3.8, 4) is 11.4 Å². The van der Waals surface area contributed by atoms with Gasteiger partial charge in [-0.15, -0.1) is 0 Å². The highest BCUT2D eigenvalue weighted by atomic mass is 79.9. The highest BCUT2D eigenvalue weighted by molar-refractivity contribution is 9.10. The van der Waals surface area contributed by atoms with E-state index in [-0.39, 0.29) is 0 Å². The van der Waals surface area contributed by atoms with Crippen molar-refractivity contribution in [1.82, 2.24) is 19.5 Å². The fourth-order valence-corrected chi connectivity index (χ4v) is 3.58. The summed E-state index contributed by atoms with van der Waals surface area (Å²) < 4.78 is 3.34. The molecule has 102 valence electrons. The third-order valence-corrected chi connectivity index (χ3v) is 4.56. The molecule has 0 atom stereocenters. The Labute approximate surface area is 125 Å². The largest absolute Gasteiger partial charge is 0.342 e. The van der Waals surface area contributed by atoms with Gasteiger partial charge in [0.05, 0.1) is 16.7 Å². The molecule has 3 heterocycles. The second kappa shape index (κ2) is 4.45. The third-order valence-electron chi connectivity index (χ3n) is 3.93. The summed E-state index contributed by atoms with van der Waals surface area (Å²) in [7, 11) is 0. The quantitative estimate of drug-likeness (QED) is 0.736. The Kier molecular flexibility index (Phi) is 2.70. The van der Waals surface area contributed by atoms with Crippen molar-refractivity contribution < 1.29 is 0 Å². The first kappa shape index (κ1) is 12.1. The Morgan fingerprint density at radius 1 is 1.25 bits per heavy atom. The number of hydrogen-bond donors (Lipinski definition) is 1. The zero-order valence-electron chi connectivity index (χ0n) is 11.3. The fourth-order valence-electron chi connectivity index (χ4n) is 3.00. The smallest absolute Gasteiger partial charge is 0.141 e. The number of H-pyrrole nitrogens is 1. The normalized spacial score (nSPS) is 14.7. The average molecular weight is 331 g/mol. The summed E-state index contributed by atoms with van der Waals surface area (Å²) in [5.74, 6) is 2.00. The topological polar surface area (TPSA) is 46.5 Å². The van der Waals surface area contributed by atoms with Gasteiger partial charge in [-0.1, -0.05) is 0 Å². The first-order chi connectivity index (χ1) is 9.72. The second-order valence-corrected chi connectivity index (χ2v) is 6.09. The zero-order chi connectivity index (χ0) is 13.7. The number of nitrogens with one attached hydrogen (secondary N) is 1. The van der Waals surface area contributed by atoms with Crippen LogP contribution in [0.5, 0.6) is 0 Å².